The molecule has 21 heavy (non-hydrogen) atoms. The monoisotopic (exact) mass is 287 g/mol. The maximum absolute atomic E-state index is 2.67. The predicted octanol–water partition coefficient (Wildman–Crippen LogP) is 5.07. The van der Waals surface area contributed by atoms with Crippen molar-refractivity contribution in [3.8, 4) is 0 Å². The van der Waals surface area contributed by atoms with Gasteiger partial charge in [-0.05, 0) is 40.7 Å². The lowest BCUT2D eigenvalue weighted by Crippen LogP contribution is -2.40. The van der Waals surface area contributed by atoms with Crippen LogP contribution in [-0.4, -0.2) is 24.5 Å². The lowest BCUT2D eigenvalue weighted by molar-refractivity contribution is 0.135. The van der Waals surface area contributed by atoms with Crippen LogP contribution in [-0.2, 0) is 5.41 Å². The maximum atomic E-state index is 2.67. The smallest absolute Gasteiger partial charge is 0.00478 e. The highest BCUT2D eigenvalue weighted by atomic mass is 15.1. The maximum Gasteiger partial charge on any atom is 0.00478 e. The molecule has 1 saturated heterocycles. The van der Waals surface area contributed by atoms with E-state index in [1.807, 2.05) is 0 Å². The molecule has 3 atom stereocenters. The molecule has 0 radical (unpaired) electrons. The highest BCUT2D eigenvalue weighted by Gasteiger charge is 2.23. The molecule has 0 saturated carbocycles. The van der Waals surface area contributed by atoms with Gasteiger partial charge in [0.1, 0.15) is 0 Å². The van der Waals surface area contributed by atoms with Gasteiger partial charge in [0, 0.05) is 19.6 Å². The first-order chi connectivity index (χ1) is 9.75. The minimum Gasteiger partial charge on any atom is -0.302 e. The van der Waals surface area contributed by atoms with E-state index in [1.165, 1.54) is 37.2 Å². The zero-order chi connectivity index (χ0) is 15.6. The normalized spacial score (nSPS) is 25.8. The molecule has 0 spiro atoms. The Morgan fingerprint density at radius 2 is 1.57 bits per heavy atom. The molecule has 0 N–H and O–H groups in total. The number of hydrogen-bond donors (Lipinski definition) is 0. The molecule has 1 aromatic carbocycles. The average Bonchev–Trinajstić information content (AvgIpc) is 2.36. The van der Waals surface area contributed by atoms with Gasteiger partial charge >= 0.3 is 0 Å². The highest BCUT2D eigenvalue weighted by molar-refractivity contribution is 5.29. The van der Waals surface area contributed by atoms with Crippen LogP contribution in [0.1, 0.15) is 65.0 Å². The molecule has 2 rings (SSSR count). The molecule has 3 unspecified atom stereocenters. The first-order valence-corrected chi connectivity index (χ1v) is 8.58. The van der Waals surface area contributed by atoms with E-state index in [0.717, 1.165) is 11.8 Å². The van der Waals surface area contributed by atoms with Crippen LogP contribution in [0.25, 0.3) is 0 Å². The van der Waals surface area contributed by atoms with Crippen molar-refractivity contribution in [1.29, 1.82) is 0 Å². The quantitative estimate of drug-likeness (QED) is 0.750. The van der Waals surface area contributed by atoms with E-state index >= 15 is 0 Å². The Morgan fingerprint density at radius 3 is 2.05 bits per heavy atom. The van der Waals surface area contributed by atoms with Crippen LogP contribution in [0.2, 0.25) is 0 Å². The molecule has 1 aromatic rings. The van der Waals surface area contributed by atoms with E-state index in [1.54, 1.807) is 0 Å². The molecule has 1 nitrogen and oxygen atoms in total. The van der Waals surface area contributed by atoms with E-state index in [4.69, 9.17) is 0 Å². The summed E-state index contributed by atoms with van der Waals surface area (Å²) in [6, 6.07) is 9.30. The van der Waals surface area contributed by atoms with Gasteiger partial charge in [-0.1, -0.05) is 65.8 Å². The van der Waals surface area contributed by atoms with Crippen molar-refractivity contribution in [3.63, 3.8) is 0 Å². The largest absolute Gasteiger partial charge is 0.302 e. The summed E-state index contributed by atoms with van der Waals surface area (Å²) >= 11 is 0. The van der Waals surface area contributed by atoms with E-state index in [-0.39, 0.29) is 5.41 Å². The van der Waals surface area contributed by atoms with E-state index in [0.29, 0.717) is 5.92 Å². The number of hydrogen-bond acceptors (Lipinski definition) is 1. The Hall–Kier alpha value is -0.820. The molecular formula is C20H33N. The highest BCUT2D eigenvalue weighted by Crippen LogP contribution is 2.27. The number of benzene rings is 1. The molecule has 0 aliphatic carbocycles. The molecule has 0 bridgehead atoms. The Balaban J connectivity index is 1.98. The third-order valence-electron chi connectivity index (χ3n) is 4.82. The van der Waals surface area contributed by atoms with Gasteiger partial charge in [0.05, 0.1) is 0 Å². The van der Waals surface area contributed by atoms with Gasteiger partial charge in [-0.25, -0.2) is 0 Å². The second kappa shape index (κ2) is 6.52. The Morgan fingerprint density at radius 1 is 1.05 bits per heavy atom. The second-order valence-corrected chi connectivity index (χ2v) is 8.44. The molecule has 0 amide bonds. The lowest BCUT2D eigenvalue weighted by Gasteiger charge is -2.36. The summed E-state index contributed by atoms with van der Waals surface area (Å²) in [7, 11) is 0. The SMILES string of the molecule is CC1CC(C)CN(CC(C)c2ccc(C(C)(C)C)cc2)C1. The predicted molar refractivity (Wildman–Crippen MR) is 92.9 cm³/mol. The third kappa shape index (κ3) is 4.57. The van der Waals surface area contributed by atoms with Crippen molar-refractivity contribution in [2.24, 2.45) is 11.8 Å². The summed E-state index contributed by atoms with van der Waals surface area (Å²) in [6.07, 6.45) is 1.39. The summed E-state index contributed by atoms with van der Waals surface area (Å²) in [5.74, 6) is 2.32. The van der Waals surface area contributed by atoms with Crippen molar-refractivity contribution < 1.29 is 0 Å². The van der Waals surface area contributed by atoms with Gasteiger partial charge in [-0.3, -0.25) is 0 Å². The summed E-state index contributed by atoms with van der Waals surface area (Å²) in [5.41, 5.74) is 3.16. The first-order valence-electron chi connectivity index (χ1n) is 8.58. The van der Waals surface area contributed by atoms with Gasteiger partial charge in [0.2, 0.25) is 0 Å². The first kappa shape index (κ1) is 16.5. The van der Waals surface area contributed by atoms with E-state index in [9.17, 15) is 0 Å². The van der Waals surface area contributed by atoms with E-state index < -0.39 is 0 Å². The number of nitrogens with zero attached hydrogens (tertiary/aromatic N) is 1. The second-order valence-electron chi connectivity index (χ2n) is 8.44. The van der Waals surface area contributed by atoms with Crippen molar-refractivity contribution in [2.75, 3.05) is 19.6 Å². The fourth-order valence-electron chi connectivity index (χ4n) is 3.75. The fraction of sp³-hybridized carbons (Fsp3) is 0.700. The van der Waals surface area contributed by atoms with Gasteiger partial charge in [0.25, 0.3) is 0 Å². The Labute approximate surface area is 131 Å². The van der Waals surface area contributed by atoms with Crippen molar-refractivity contribution >= 4 is 0 Å². The molecule has 118 valence electrons. The molecule has 1 heteroatoms. The van der Waals surface area contributed by atoms with Crippen molar-refractivity contribution in [3.05, 3.63) is 35.4 Å². The van der Waals surface area contributed by atoms with Gasteiger partial charge in [-0.15, -0.1) is 0 Å². The van der Waals surface area contributed by atoms with Gasteiger partial charge < -0.3 is 4.90 Å². The summed E-state index contributed by atoms with van der Waals surface area (Å²) in [5, 5.41) is 0. The Bertz CT molecular complexity index is 430. The van der Waals surface area contributed by atoms with Crippen LogP contribution in [0.5, 0.6) is 0 Å². The lowest BCUT2D eigenvalue weighted by atomic mass is 9.85. The number of rotatable bonds is 3. The van der Waals surface area contributed by atoms with Crippen LogP contribution < -0.4 is 0 Å². The van der Waals surface area contributed by atoms with Crippen molar-refractivity contribution in [1.82, 2.24) is 4.90 Å². The minimum atomic E-state index is 0.250. The zero-order valence-electron chi connectivity index (χ0n) is 14.8. The summed E-state index contributed by atoms with van der Waals surface area (Å²) in [4.78, 5) is 2.67. The van der Waals surface area contributed by atoms with Crippen LogP contribution >= 0.6 is 0 Å². The molecule has 1 fully saturated rings. The number of piperidine rings is 1. The van der Waals surface area contributed by atoms with Crippen LogP contribution in [0, 0.1) is 11.8 Å². The molecule has 1 aliphatic heterocycles. The zero-order valence-corrected chi connectivity index (χ0v) is 14.8. The van der Waals surface area contributed by atoms with Gasteiger partial charge in [0.15, 0.2) is 0 Å². The Kier molecular flexibility index (Phi) is 5.14. The third-order valence-corrected chi connectivity index (χ3v) is 4.82. The average molecular weight is 287 g/mol. The van der Waals surface area contributed by atoms with Crippen LogP contribution in [0.15, 0.2) is 24.3 Å². The van der Waals surface area contributed by atoms with E-state index in [2.05, 4.69) is 70.7 Å². The van der Waals surface area contributed by atoms with Crippen molar-refractivity contribution in [2.45, 2.75) is 59.3 Å². The molecule has 0 aromatic heterocycles. The fourth-order valence-corrected chi connectivity index (χ4v) is 3.75. The summed E-state index contributed by atoms with van der Waals surface area (Å²) < 4.78 is 0. The molecule has 1 heterocycles. The summed E-state index contributed by atoms with van der Waals surface area (Å²) in [6.45, 7) is 17.7. The minimum absolute atomic E-state index is 0.250. The number of likely N-dealkylation sites (tertiary alicyclic amines) is 1. The van der Waals surface area contributed by atoms with Crippen LogP contribution in [0.4, 0.5) is 0 Å². The topological polar surface area (TPSA) is 3.24 Å². The molecule has 1 aliphatic rings. The molecular weight excluding hydrogens is 254 g/mol. The van der Waals surface area contributed by atoms with Gasteiger partial charge in [-0.2, -0.15) is 0 Å². The standard InChI is InChI=1S/C20H33N/c1-15-11-16(2)13-21(12-15)14-17(3)18-7-9-19(10-8-18)20(4,5)6/h7-10,15-17H,11-14H2,1-6H3. The van der Waals surface area contributed by atoms with Crippen LogP contribution in [0.3, 0.4) is 0 Å².